The fraction of sp³-hybridized carbons (Fsp3) is 0.292. The molecule has 0 aromatic heterocycles. The zero-order valence-electron chi connectivity index (χ0n) is 18.6. The van der Waals surface area contributed by atoms with Gasteiger partial charge in [-0.2, -0.15) is 9.28 Å². The molecule has 1 unspecified atom stereocenters. The Labute approximate surface area is 191 Å². The highest BCUT2D eigenvalue weighted by molar-refractivity contribution is 6.29. The minimum atomic E-state index is -1.17. The third kappa shape index (κ3) is 3.29. The van der Waals surface area contributed by atoms with Crippen LogP contribution in [0.5, 0.6) is 0 Å². The normalized spacial score (nSPS) is 17.7. The van der Waals surface area contributed by atoms with Crippen molar-refractivity contribution in [3.63, 3.8) is 0 Å². The zero-order valence-corrected chi connectivity index (χ0v) is 19.3. The molecule has 0 fully saturated rings. The fourth-order valence-electron chi connectivity index (χ4n) is 4.43. The second-order valence-electron chi connectivity index (χ2n) is 8.35. The van der Waals surface area contributed by atoms with Crippen molar-refractivity contribution in [1.82, 2.24) is 4.48 Å². The van der Waals surface area contributed by atoms with Crippen LogP contribution < -0.4 is 4.48 Å². The summed E-state index contributed by atoms with van der Waals surface area (Å²) in [7, 11) is 2.44. The van der Waals surface area contributed by atoms with Crippen LogP contribution in [0.2, 0.25) is 0 Å². The molecule has 1 N–H and O–H groups in total. The fourth-order valence-corrected chi connectivity index (χ4v) is 4.69. The first kappa shape index (κ1) is 23.5. The van der Waals surface area contributed by atoms with Crippen LogP contribution in [-0.4, -0.2) is 48.8 Å². The van der Waals surface area contributed by atoms with Crippen molar-refractivity contribution < 1.29 is 29.0 Å². The Morgan fingerprint density at radius 3 is 2.06 bits per heavy atom. The highest BCUT2D eigenvalue weighted by Crippen LogP contribution is 2.55. The number of hydrogen-bond donors (Lipinski definition) is 1. The number of amides is 1. The molecule has 1 aliphatic rings. The van der Waals surface area contributed by atoms with E-state index in [1.807, 2.05) is 6.07 Å². The monoisotopic (exact) mass is 458 g/mol. The molecule has 2 aromatic carbocycles. The quantitative estimate of drug-likeness (QED) is 0.386. The van der Waals surface area contributed by atoms with Gasteiger partial charge in [-0.1, -0.05) is 18.2 Å². The first-order chi connectivity index (χ1) is 15.1. The Morgan fingerprint density at radius 1 is 1.00 bits per heavy atom. The number of carbonyl (C=O) groups is 3. The summed E-state index contributed by atoms with van der Waals surface area (Å²) in [6, 6.07) is 11.9. The topological polar surface area (TPSA) is 89.9 Å². The number of carboxylic acid groups (broad SMARTS) is 1. The lowest BCUT2D eigenvalue weighted by molar-refractivity contribution is 0.0597. The van der Waals surface area contributed by atoms with E-state index in [1.54, 1.807) is 45.0 Å². The summed E-state index contributed by atoms with van der Waals surface area (Å²) in [5, 5.41) is 10.7. The number of methoxy groups -OCH3 is 2. The maximum atomic E-state index is 13.1. The van der Waals surface area contributed by atoms with Gasteiger partial charge in [0.05, 0.1) is 36.8 Å². The molecule has 32 heavy (non-hydrogen) atoms. The molecule has 1 amide bonds. The van der Waals surface area contributed by atoms with Crippen LogP contribution in [0.4, 0.5) is 10.5 Å². The van der Waals surface area contributed by atoms with Crippen LogP contribution in [0.3, 0.4) is 0 Å². The number of nitrogens with zero attached hydrogens (tertiary/aromatic N) is 1. The number of halogens is 1. The maximum absolute atomic E-state index is 13.1. The summed E-state index contributed by atoms with van der Waals surface area (Å²) in [5.74, 6) is -1.46. The van der Waals surface area contributed by atoms with Crippen molar-refractivity contribution in [2.45, 2.75) is 26.3 Å². The molecule has 2 aromatic rings. The maximum Gasteiger partial charge on any atom is 0.524 e. The molecule has 3 rings (SSSR count). The van der Waals surface area contributed by atoms with E-state index in [9.17, 15) is 19.5 Å². The molecule has 1 atom stereocenters. The lowest BCUT2D eigenvalue weighted by Crippen LogP contribution is -2.62. The molecule has 7 nitrogen and oxygen atoms in total. The lowest BCUT2D eigenvalue weighted by Gasteiger charge is -2.42. The van der Waals surface area contributed by atoms with E-state index in [4.69, 9.17) is 21.1 Å². The third-order valence-electron chi connectivity index (χ3n) is 5.70. The Bertz CT molecular complexity index is 1130. The highest BCUT2D eigenvalue weighted by Gasteiger charge is 2.60. The minimum Gasteiger partial charge on any atom is -0.465 e. The molecule has 0 spiro atoms. The van der Waals surface area contributed by atoms with Gasteiger partial charge in [-0.15, -0.1) is 11.6 Å². The molecule has 0 radical (unpaired) electrons. The number of quaternary nitrogens is 1. The summed E-state index contributed by atoms with van der Waals surface area (Å²) in [6.07, 6.45) is -1.17. The van der Waals surface area contributed by atoms with Crippen molar-refractivity contribution in [1.29, 1.82) is 0 Å². The molecule has 1 aliphatic heterocycles. The summed E-state index contributed by atoms with van der Waals surface area (Å²) in [6.45, 7) is 5.36. The second kappa shape index (κ2) is 8.41. The summed E-state index contributed by atoms with van der Waals surface area (Å²) >= 11 is 6.41. The number of rotatable bonds is 4. The molecule has 168 valence electrons. The van der Waals surface area contributed by atoms with Crippen LogP contribution >= 0.6 is 11.6 Å². The highest BCUT2D eigenvalue weighted by atomic mass is 35.5. The van der Waals surface area contributed by atoms with Gasteiger partial charge in [0, 0.05) is 17.2 Å². The number of esters is 2. The SMILES string of the molecule is COC(=O)c1cc(C(=O)OC)c2c(c1)[N+](C(=O)O)(C(C)(C)C)C(c1ccccc1)=C2CCl. The van der Waals surface area contributed by atoms with Crippen molar-refractivity contribution in [3.05, 3.63) is 64.7 Å². The summed E-state index contributed by atoms with van der Waals surface area (Å²) in [4.78, 5) is 38.4. The number of allylic oxidation sites excluding steroid dienone is 1. The first-order valence-corrected chi connectivity index (χ1v) is 10.4. The van der Waals surface area contributed by atoms with E-state index >= 15 is 0 Å². The minimum absolute atomic E-state index is 0.0443. The van der Waals surface area contributed by atoms with Gasteiger partial charge >= 0.3 is 18.0 Å². The van der Waals surface area contributed by atoms with Gasteiger partial charge in [-0.25, -0.2) is 9.59 Å². The molecule has 0 saturated heterocycles. The average Bonchev–Trinajstić information content (AvgIpc) is 3.09. The van der Waals surface area contributed by atoms with Crippen LogP contribution in [-0.2, 0) is 9.47 Å². The van der Waals surface area contributed by atoms with E-state index in [0.717, 1.165) is 0 Å². The van der Waals surface area contributed by atoms with Gasteiger partial charge < -0.3 is 14.6 Å². The number of alkyl halides is 1. The Morgan fingerprint density at radius 2 is 1.59 bits per heavy atom. The molecule has 0 saturated carbocycles. The Kier molecular flexibility index (Phi) is 6.18. The second-order valence-corrected chi connectivity index (χ2v) is 8.62. The molecule has 1 heterocycles. The van der Waals surface area contributed by atoms with Crippen molar-refractivity contribution in [3.8, 4) is 0 Å². The van der Waals surface area contributed by atoms with Crippen LogP contribution in [0, 0.1) is 0 Å². The zero-order chi connectivity index (χ0) is 23.8. The number of ether oxygens (including phenoxy) is 2. The van der Waals surface area contributed by atoms with Gasteiger partial charge in [0.15, 0.2) is 11.4 Å². The smallest absolute Gasteiger partial charge is 0.465 e. The number of fused-ring (bicyclic) bond motifs is 1. The van der Waals surface area contributed by atoms with E-state index < -0.39 is 28.1 Å². The van der Waals surface area contributed by atoms with Gasteiger partial charge in [0.1, 0.15) is 5.54 Å². The van der Waals surface area contributed by atoms with Crippen molar-refractivity contribution in [2.75, 3.05) is 20.1 Å². The number of hydrogen-bond acceptors (Lipinski definition) is 5. The Hall–Kier alpha value is -3.16. The molecule has 0 aliphatic carbocycles. The molecular weight excluding hydrogens is 434 g/mol. The number of carbonyl (C=O) groups excluding carboxylic acids is 2. The number of benzene rings is 2. The predicted octanol–water partition coefficient (Wildman–Crippen LogP) is 5.16. The standard InChI is InChI=1S/C24H24ClNO6/c1-24(2,3)26(23(29)30)18-12-15(21(27)31-4)11-16(22(28)32-5)19(18)17(13-25)20(26)14-9-7-6-8-10-14/h6-12H,13H2,1-5H3/p+1. The third-order valence-corrected chi connectivity index (χ3v) is 5.97. The lowest BCUT2D eigenvalue weighted by atomic mass is 9.95. The van der Waals surface area contributed by atoms with Gasteiger partial charge in [0.2, 0.25) is 0 Å². The largest absolute Gasteiger partial charge is 0.524 e. The molecular formula is C24H25ClNO6+. The van der Waals surface area contributed by atoms with Crippen molar-refractivity contribution in [2.24, 2.45) is 0 Å². The van der Waals surface area contributed by atoms with Crippen LogP contribution in [0.25, 0.3) is 11.3 Å². The first-order valence-electron chi connectivity index (χ1n) is 9.89. The average molecular weight is 459 g/mol. The molecule has 8 heteroatoms. The Balaban J connectivity index is 2.61. The molecule has 0 bridgehead atoms. The van der Waals surface area contributed by atoms with E-state index in [2.05, 4.69) is 0 Å². The van der Waals surface area contributed by atoms with Gasteiger partial charge in [-0.3, -0.25) is 0 Å². The summed E-state index contributed by atoms with van der Waals surface area (Å²) in [5.41, 5.74) is 1.35. The van der Waals surface area contributed by atoms with E-state index in [-0.39, 0.29) is 22.7 Å². The van der Waals surface area contributed by atoms with E-state index in [0.29, 0.717) is 22.4 Å². The van der Waals surface area contributed by atoms with Crippen molar-refractivity contribution >= 4 is 46.6 Å². The van der Waals surface area contributed by atoms with Crippen LogP contribution in [0.1, 0.15) is 52.6 Å². The van der Waals surface area contributed by atoms with Gasteiger partial charge in [0.25, 0.3) is 0 Å². The van der Waals surface area contributed by atoms with E-state index in [1.165, 1.54) is 26.4 Å². The van der Waals surface area contributed by atoms with Gasteiger partial charge in [-0.05, 0) is 39.0 Å². The van der Waals surface area contributed by atoms with Crippen LogP contribution in [0.15, 0.2) is 42.5 Å². The summed E-state index contributed by atoms with van der Waals surface area (Å²) < 4.78 is 9.16. The predicted molar refractivity (Wildman–Crippen MR) is 123 cm³/mol.